The van der Waals surface area contributed by atoms with Crippen LogP contribution in [0.2, 0.25) is 0 Å². The third-order valence-electron chi connectivity index (χ3n) is 3.64. The van der Waals surface area contributed by atoms with Crippen LogP contribution in [0.5, 0.6) is 0 Å². The van der Waals surface area contributed by atoms with Crippen molar-refractivity contribution in [1.82, 2.24) is 0 Å². The quantitative estimate of drug-likeness (QED) is 0.898. The number of nitriles is 1. The Hall–Kier alpha value is -2.21. The molecule has 1 aromatic carbocycles. The van der Waals surface area contributed by atoms with Crippen molar-refractivity contribution in [2.24, 2.45) is 5.92 Å². The molecular formula is C16H16N2O. The average molecular weight is 252 g/mol. The van der Waals surface area contributed by atoms with Crippen LogP contribution in [0.4, 0.5) is 5.69 Å². The second-order valence-electron chi connectivity index (χ2n) is 5.17. The van der Waals surface area contributed by atoms with Crippen molar-refractivity contribution in [3.05, 3.63) is 53.5 Å². The van der Waals surface area contributed by atoms with Crippen LogP contribution in [-0.4, -0.2) is 0 Å². The topological polar surface area (TPSA) is 49.0 Å². The molecule has 0 radical (unpaired) electrons. The van der Waals surface area contributed by atoms with Crippen LogP contribution in [0.25, 0.3) is 0 Å². The van der Waals surface area contributed by atoms with Crippen molar-refractivity contribution in [1.29, 1.82) is 5.26 Å². The predicted octanol–water partition coefficient (Wildman–Crippen LogP) is 3.89. The summed E-state index contributed by atoms with van der Waals surface area (Å²) in [6, 6.07) is 13.7. The Labute approximate surface area is 112 Å². The molecule has 0 aliphatic heterocycles. The minimum absolute atomic E-state index is 0.628. The van der Waals surface area contributed by atoms with Crippen molar-refractivity contribution in [3.63, 3.8) is 0 Å². The molecule has 3 nitrogen and oxygen atoms in total. The summed E-state index contributed by atoms with van der Waals surface area (Å²) >= 11 is 0. The summed E-state index contributed by atoms with van der Waals surface area (Å²) in [6.07, 6.45) is 1.25. The van der Waals surface area contributed by atoms with Crippen molar-refractivity contribution < 1.29 is 4.42 Å². The normalized spacial score (nSPS) is 20.8. The molecule has 0 amide bonds. The molecule has 1 fully saturated rings. The highest BCUT2D eigenvalue weighted by Crippen LogP contribution is 2.47. The van der Waals surface area contributed by atoms with E-state index in [4.69, 9.17) is 9.68 Å². The van der Waals surface area contributed by atoms with E-state index >= 15 is 0 Å². The van der Waals surface area contributed by atoms with Gasteiger partial charge in [-0.05, 0) is 48.7 Å². The highest BCUT2D eigenvalue weighted by atomic mass is 16.3. The van der Waals surface area contributed by atoms with Gasteiger partial charge in [0.2, 0.25) is 0 Å². The molecule has 1 aromatic heterocycles. The number of rotatable bonds is 4. The van der Waals surface area contributed by atoms with Gasteiger partial charge in [0.25, 0.3) is 0 Å². The van der Waals surface area contributed by atoms with Gasteiger partial charge in [0.15, 0.2) is 0 Å². The maximum atomic E-state index is 8.73. The first-order valence-electron chi connectivity index (χ1n) is 6.59. The lowest BCUT2D eigenvalue weighted by Crippen LogP contribution is -1.97. The standard InChI is InChI=1S/C16H16N2O/c1-11-8-15(11)16-7-6-14(19-16)10-18-13-4-2-12(9-17)3-5-13/h2-7,11,15,18H,8,10H2,1H3. The highest BCUT2D eigenvalue weighted by molar-refractivity contribution is 5.47. The maximum Gasteiger partial charge on any atom is 0.123 e. The van der Waals surface area contributed by atoms with Crippen molar-refractivity contribution in [3.8, 4) is 6.07 Å². The molecule has 1 N–H and O–H groups in total. The first-order valence-corrected chi connectivity index (χ1v) is 6.59. The van der Waals surface area contributed by atoms with E-state index in [1.807, 2.05) is 30.3 Å². The first-order chi connectivity index (χ1) is 9.26. The SMILES string of the molecule is CC1CC1c1ccc(CNc2ccc(C#N)cc2)o1. The zero-order valence-corrected chi connectivity index (χ0v) is 10.9. The van der Waals surface area contributed by atoms with Gasteiger partial charge in [0.05, 0.1) is 18.2 Å². The summed E-state index contributed by atoms with van der Waals surface area (Å²) in [5.74, 6) is 3.47. The molecule has 3 rings (SSSR count). The van der Waals surface area contributed by atoms with Crippen LogP contribution < -0.4 is 5.32 Å². The van der Waals surface area contributed by atoms with Gasteiger partial charge in [-0.1, -0.05) is 6.92 Å². The summed E-state index contributed by atoms with van der Waals surface area (Å²) in [7, 11) is 0. The minimum atomic E-state index is 0.628. The third kappa shape index (κ3) is 2.63. The van der Waals surface area contributed by atoms with Crippen molar-refractivity contribution in [2.45, 2.75) is 25.8 Å². The van der Waals surface area contributed by atoms with Gasteiger partial charge >= 0.3 is 0 Å². The van der Waals surface area contributed by atoms with E-state index in [1.165, 1.54) is 6.42 Å². The van der Waals surface area contributed by atoms with E-state index in [1.54, 1.807) is 0 Å². The van der Waals surface area contributed by atoms with Crippen molar-refractivity contribution in [2.75, 3.05) is 5.32 Å². The number of nitrogens with zero attached hydrogens (tertiary/aromatic N) is 1. The lowest BCUT2D eigenvalue weighted by Gasteiger charge is -2.04. The van der Waals surface area contributed by atoms with Crippen LogP contribution >= 0.6 is 0 Å². The average Bonchev–Trinajstić information content (AvgIpc) is 3.00. The Balaban J connectivity index is 1.59. The van der Waals surface area contributed by atoms with E-state index in [0.717, 1.165) is 23.1 Å². The highest BCUT2D eigenvalue weighted by Gasteiger charge is 2.36. The van der Waals surface area contributed by atoms with Gasteiger partial charge in [-0.15, -0.1) is 0 Å². The summed E-state index contributed by atoms with van der Waals surface area (Å²) in [4.78, 5) is 0. The van der Waals surface area contributed by atoms with Gasteiger partial charge in [-0.2, -0.15) is 5.26 Å². The van der Waals surface area contributed by atoms with Gasteiger partial charge in [0, 0.05) is 11.6 Å². The molecule has 1 aliphatic carbocycles. The number of furan rings is 1. The fourth-order valence-corrected chi connectivity index (χ4v) is 2.26. The Morgan fingerprint density at radius 3 is 2.63 bits per heavy atom. The number of hydrogen-bond acceptors (Lipinski definition) is 3. The smallest absolute Gasteiger partial charge is 0.123 e. The van der Waals surface area contributed by atoms with Crippen molar-refractivity contribution >= 4 is 5.69 Å². The first kappa shape index (κ1) is 11.9. The van der Waals surface area contributed by atoms with E-state index in [2.05, 4.69) is 24.4 Å². The second kappa shape index (κ2) is 4.81. The zero-order chi connectivity index (χ0) is 13.2. The Morgan fingerprint density at radius 2 is 2.00 bits per heavy atom. The Morgan fingerprint density at radius 1 is 1.26 bits per heavy atom. The molecule has 96 valence electrons. The number of hydrogen-bond donors (Lipinski definition) is 1. The van der Waals surface area contributed by atoms with E-state index in [-0.39, 0.29) is 0 Å². The zero-order valence-electron chi connectivity index (χ0n) is 10.9. The molecule has 19 heavy (non-hydrogen) atoms. The van der Waals surface area contributed by atoms with Gasteiger partial charge in [-0.3, -0.25) is 0 Å². The molecule has 1 saturated carbocycles. The van der Waals surface area contributed by atoms with Crippen LogP contribution in [0.15, 0.2) is 40.8 Å². The monoisotopic (exact) mass is 252 g/mol. The molecular weight excluding hydrogens is 236 g/mol. The van der Waals surface area contributed by atoms with Crippen LogP contribution in [0, 0.1) is 17.2 Å². The summed E-state index contributed by atoms with van der Waals surface area (Å²) in [5.41, 5.74) is 1.67. The third-order valence-corrected chi connectivity index (χ3v) is 3.64. The number of benzene rings is 1. The largest absolute Gasteiger partial charge is 0.464 e. The number of anilines is 1. The minimum Gasteiger partial charge on any atom is -0.464 e. The van der Waals surface area contributed by atoms with Crippen LogP contribution in [0.3, 0.4) is 0 Å². The molecule has 0 bridgehead atoms. The molecule has 0 spiro atoms. The summed E-state index contributed by atoms with van der Waals surface area (Å²) < 4.78 is 5.83. The molecule has 2 aromatic rings. The summed E-state index contributed by atoms with van der Waals surface area (Å²) in [5, 5.41) is 12.0. The lowest BCUT2D eigenvalue weighted by molar-refractivity contribution is 0.468. The number of nitrogens with one attached hydrogen (secondary N) is 1. The second-order valence-corrected chi connectivity index (χ2v) is 5.17. The molecule has 0 saturated heterocycles. The van der Waals surface area contributed by atoms with Crippen LogP contribution in [0.1, 0.15) is 36.3 Å². The molecule has 2 atom stereocenters. The predicted molar refractivity (Wildman–Crippen MR) is 73.7 cm³/mol. The Bertz CT molecular complexity index is 606. The fourth-order valence-electron chi connectivity index (χ4n) is 2.26. The molecule has 1 heterocycles. The lowest BCUT2D eigenvalue weighted by atomic mass is 10.2. The van der Waals surface area contributed by atoms with Crippen LogP contribution in [-0.2, 0) is 6.54 Å². The molecule has 3 heteroatoms. The molecule has 2 unspecified atom stereocenters. The van der Waals surface area contributed by atoms with E-state index in [9.17, 15) is 0 Å². The Kier molecular flexibility index (Phi) is 3.00. The van der Waals surface area contributed by atoms with E-state index < -0.39 is 0 Å². The van der Waals surface area contributed by atoms with E-state index in [0.29, 0.717) is 18.0 Å². The van der Waals surface area contributed by atoms with Gasteiger partial charge in [-0.25, -0.2) is 0 Å². The van der Waals surface area contributed by atoms with Gasteiger partial charge < -0.3 is 9.73 Å². The van der Waals surface area contributed by atoms with Gasteiger partial charge in [0.1, 0.15) is 11.5 Å². The summed E-state index contributed by atoms with van der Waals surface area (Å²) in [6.45, 7) is 2.93. The molecule has 1 aliphatic rings. The maximum absolute atomic E-state index is 8.73. The fraction of sp³-hybridized carbons (Fsp3) is 0.312.